The monoisotopic (exact) mass is 334 g/mol. The Kier molecular flexibility index (Phi) is 5.46. The van der Waals surface area contributed by atoms with Gasteiger partial charge in [0.1, 0.15) is 0 Å². The molecule has 0 unspecified atom stereocenters. The second-order valence-electron chi connectivity index (χ2n) is 5.89. The fourth-order valence-electron chi connectivity index (χ4n) is 2.54. The van der Waals surface area contributed by atoms with E-state index in [9.17, 15) is 4.79 Å². The number of amides is 2. The maximum atomic E-state index is 12.1. The first-order valence-electron chi connectivity index (χ1n) is 8.51. The summed E-state index contributed by atoms with van der Waals surface area (Å²) in [4.78, 5) is 12.1. The average molecular weight is 334 g/mol. The molecule has 5 heteroatoms. The van der Waals surface area contributed by atoms with Gasteiger partial charge in [-0.3, -0.25) is 0 Å². The Balaban J connectivity index is 1.57. The zero-order chi connectivity index (χ0) is 17.5. The Bertz CT molecular complexity index is 809. The van der Waals surface area contributed by atoms with Crippen molar-refractivity contribution in [1.29, 1.82) is 0 Å². The van der Waals surface area contributed by atoms with Crippen LogP contribution in [0.3, 0.4) is 0 Å². The van der Waals surface area contributed by atoms with Gasteiger partial charge in [0.15, 0.2) is 0 Å². The SMILES string of the molecule is CCCCc1ccc(NC(=O)Nc2cnn(-c3ccccc3)c2)cc1. The van der Waals surface area contributed by atoms with Gasteiger partial charge < -0.3 is 10.6 Å². The predicted molar refractivity (Wildman–Crippen MR) is 101 cm³/mol. The number of urea groups is 1. The summed E-state index contributed by atoms with van der Waals surface area (Å²) >= 11 is 0. The van der Waals surface area contributed by atoms with Crippen molar-refractivity contribution < 1.29 is 4.79 Å². The van der Waals surface area contributed by atoms with Crippen LogP contribution < -0.4 is 10.6 Å². The minimum atomic E-state index is -0.283. The van der Waals surface area contributed by atoms with Gasteiger partial charge >= 0.3 is 6.03 Å². The van der Waals surface area contributed by atoms with E-state index in [0.717, 1.165) is 17.8 Å². The molecule has 3 rings (SSSR count). The summed E-state index contributed by atoms with van der Waals surface area (Å²) in [5, 5.41) is 9.89. The topological polar surface area (TPSA) is 59.0 Å². The van der Waals surface area contributed by atoms with Crippen LogP contribution in [0, 0.1) is 0 Å². The molecule has 0 saturated carbocycles. The van der Waals surface area contributed by atoms with Gasteiger partial charge in [-0.25, -0.2) is 9.48 Å². The third kappa shape index (κ3) is 4.70. The molecule has 5 nitrogen and oxygen atoms in total. The number of nitrogens with one attached hydrogen (secondary N) is 2. The number of para-hydroxylation sites is 1. The van der Waals surface area contributed by atoms with Gasteiger partial charge in [-0.15, -0.1) is 0 Å². The highest BCUT2D eigenvalue weighted by Gasteiger charge is 2.06. The number of unbranched alkanes of at least 4 members (excludes halogenated alkanes) is 1. The molecule has 0 atom stereocenters. The molecule has 2 aromatic carbocycles. The van der Waals surface area contributed by atoms with Gasteiger partial charge in [0.25, 0.3) is 0 Å². The van der Waals surface area contributed by atoms with Crippen LogP contribution in [0.25, 0.3) is 5.69 Å². The largest absolute Gasteiger partial charge is 0.323 e. The molecule has 0 bridgehead atoms. The third-order valence-corrected chi connectivity index (χ3v) is 3.89. The third-order valence-electron chi connectivity index (χ3n) is 3.89. The number of rotatable bonds is 6. The number of carbonyl (C=O) groups excluding carboxylic acids is 1. The lowest BCUT2D eigenvalue weighted by atomic mass is 10.1. The molecule has 2 amide bonds. The maximum absolute atomic E-state index is 12.1. The number of hydrogen-bond donors (Lipinski definition) is 2. The molecule has 1 aromatic heterocycles. The molecular weight excluding hydrogens is 312 g/mol. The number of benzene rings is 2. The lowest BCUT2D eigenvalue weighted by molar-refractivity contribution is 0.262. The van der Waals surface area contributed by atoms with Crippen molar-refractivity contribution in [3.8, 4) is 5.69 Å². The van der Waals surface area contributed by atoms with Crippen LogP contribution in [-0.2, 0) is 6.42 Å². The number of anilines is 2. The molecule has 0 spiro atoms. The Morgan fingerprint density at radius 1 is 1.00 bits per heavy atom. The van der Waals surface area contributed by atoms with Crippen molar-refractivity contribution in [3.63, 3.8) is 0 Å². The zero-order valence-corrected chi connectivity index (χ0v) is 14.3. The van der Waals surface area contributed by atoms with Crippen molar-refractivity contribution in [3.05, 3.63) is 72.6 Å². The van der Waals surface area contributed by atoms with Crippen molar-refractivity contribution >= 4 is 17.4 Å². The molecule has 128 valence electrons. The van der Waals surface area contributed by atoms with Crippen LogP contribution in [0.4, 0.5) is 16.2 Å². The number of aryl methyl sites for hydroxylation is 1. The fraction of sp³-hybridized carbons (Fsp3) is 0.200. The summed E-state index contributed by atoms with van der Waals surface area (Å²) in [6.45, 7) is 2.18. The normalized spacial score (nSPS) is 10.4. The number of hydrogen-bond acceptors (Lipinski definition) is 2. The summed E-state index contributed by atoms with van der Waals surface area (Å²) in [5.41, 5.74) is 3.64. The maximum Gasteiger partial charge on any atom is 0.323 e. The molecule has 0 saturated heterocycles. The summed E-state index contributed by atoms with van der Waals surface area (Å²) in [7, 11) is 0. The van der Waals surface area contributed by atoms with E-state index in [4.69, 9.17) is 0 Å². The molecule has 0 aliphatic carbocycles. The van der Waals surface area contributed by atoms with Crippen molar-refractivity contribution in [2.24, 2.45) is 0 Å². The van der Waals surface area contributed by atoms with E-state index in [-0.39, 0.29) is 6.03 Å². The Hall–Kier alpha value is -3.08. The highest BCUT2D eigenvalue weighted by Crippen LogP contribution is 2.14. The number of nitrogens with zero attached hydrogens (tertiary/aromatic N) is 2. The Labute approximate surface area is 147 Å². The first-order chi connectivity index (χ1) is 12.2. The lowest BCUT2D eigenvalue weighted by Crippen LogP contribution is -2.19. The van der Waals surface area contributed by atoms with E-state index < -0.39 is 0 Å². The van der Waals surface area contributed by atoms with Gasteiger partial charge in [-0.1, -0.05) is 43.7 Å². The van der Waals surface area contributed by atoms with Crippen LogP contribution in [0.2, 0.25) is 0 Å². The van der Waals surface area contributed by atoms with Crippen molar-refractivity contribution in [2.45, 2.75) is 26.2 Å². The van der Waals surface area contributed by atoms with Gasteiger partial charge in [0.2, 0.25) is 0 Å². The van der Waals surface area contributed by atoms with Crippen molar-refractivity contribution in [1.82, 2.24) is 9.78 Å². The van der Waals surface area contributed by atoms with Gasteiger partial charge in [0.05, 0.1) is 23.8 Å². The lowest BCUT2D eigenvalue weighted by Gasteiger charge is -2.07. The molecular formula is C20H22N4O. The highest BCUT2D eigenvalue weighted by atomic mass is 16.2. The first-order valence-corrected chi connectivity index (χ1v) is 8.51. The molecule has 1 heterocycles. The molecule has 25 heavy (non-hydrogen) atoms. The average Bonchev–Trinajstić information content (AvgIpc) is 3.10. The van der Waals surface area contributed by atoms with E-state index in [1.807, 2.05) is 42.5 Å². The fourth-order valence-corrected chi connectivity index (χ4v) is 2.54. The molecule has 0 aliphatic rings. The summed E-state index contributed by atoms with van der Waals surface area (Å²) in [6, 6.07) is 17.4. The predicted octanol–water partition coefficient (Wildman–Crippen LogP) is 4.86. The molecule has 2 N–H and O–H groups in total. The van der Waals surface area contributed by atoms with E-state index in [0.29, 0.717) is 5.69 Å². The smallest absolute Gasteiger partial charge is 0.308 e. The Morgan fingerprint density at radius 2 is 1.72 bits per heavy atom. The van der Waals surface area contributed by atoms with E-state index in [2.05, 4.69) is 34.8 Å². The second kappa shape index (κ2) is 8.15. The molecule has 0 aliphatic heterocycles. The van der Waals surface area contributed by atoms with Crippen LogP contribution in [0.1, 0.15) is 25.3 Å². The second-order valence-corrected chi connectivity index (χ2v) is 5.89. The van der Waals surface area contributed by atoms with Crippen molar-refractivity contribution in [2.75, 3.05) is 10.6 Å². The molecule has 0 fully saturated rings. The van der Waals surface area contributed by atoms with Crippen LogP contribution in [0.15, 0.2) is 67.0 Å². The van der Waals surface area contributed by atoms with E-state index >= 15 is 0 Å². The van der Waals surface area contributed by atoms with Gasteiger partial charge in [0, 0.05) is 5.69 Å². The summed E-state index contributed by atoms with van der Waals surface area (Å²) < 4.78 is 1.72. The zero-order valence-electron chi connectivity index (χ0n) is 14.3. The first kappa shape index (κ1) is 16.8. The number of carbonyl (C=O) groups is 1. The summed E-state index contributed by atoms with van der Waals surface area (Å²) in [6.07, 6.45) is 6.84. The van der Waals surface area contributed by atoms with Crippen LogP contribution >= 0.6 is 0 Å². The van der Waals surface area contributed by atoms with E-state index in [1.54, 1.807) is 17.1 Å². The van der Waals surface area contributed by atoms with Crippen LogP contribution in [-0.4, -0.2) is 15.8 Å². The highest BCUT2D eigenvalue weighted by molar-refractivity contribution is 5.99. The summed E-state index contributed by atoms with van der Waals surface area (Å²) in [5.74, 6) is 0. The molecule has 3 aromatic rings. The van der Waals surface area contributed by atoms with Gasteiger partial charge in [-0.05, 0) is 42.7 Å². The Morgan fingerprint density at radius 3 is 2.44 bits per heavy atom. The van der Waals surface area contributed by atoms with Gasteiger partial charge in [-0.2, -0.15) is 5.10 Å². The van der Waals surface area contributed by atoms with Crippen LogP contribution in [0.5, 0.6) is 0 Å². The minimum Gasteiger partial charge on any atom is -0.308 e. The number of aromatic nitrogens is 2. The standard InChI is InChI=1S/C20H22N4O/c1-2-3-7-16-10-12-17(13-11-16)22-20(25)23-18-14-21-24(15-18)19-8-5-4-6-9-19/h4-6,8-15H,2-3,7H2,1H3,(H2,22,23,25). The quantitative estimate of drug-likeness (QED) is 0.676. The van der Waals surface area contributed by atoms with E-state index in [1.165, 1.54) is 18.4 Å². The molecule has 0 radical (unpaired) electrons. The minimum absolute atomic E-state index is 0.283.